The number of anilines is 6. The first-order valence-electron chi connectivity index (χ1n) is 40.6. The second-order valence-electron chi connectivity index (χ2n) is 34.1. The Morgan fingerprint density at radius 2 is 0.745 bits per heavy atom. The molecule has 2 aliphatic rings. The van der Waals surface area contributed by atoms with Crippen molar-refractivity contribution >= 4 is 123 Å². The van der Waals surface area contributed by atoms with E-state index in [4.69, 9.17) is 4.11 Å². The van der Waals surface area contributed by atoms with Crippen LogP contribution in [0.2, 0.25) is 0 Å². The topological polar surface area (TPSA) is 68.8 Å². The molecule has 0 saturated carbocycles. The predicted molar refractivity (Wildman–Crippen MR) is 464 cm³/mol. The normalized spacial score (nSPS) is 13.7. The van der Waals surface area contributed by atoms with Crippen LogP contribution in [0.1, 0.15) is 123 Å². The molecule has 14 aromatic carbocycles. The first-order valence-corrected chi connectivity index (χ1v) is 38.1. The van der Waals surface area contributed by atoms with E-state index in [0.29, 0.717) is 28.1 Å². The molecule has 3 aromatic heterocycles. The van der Waals surface area contributed by atoms with Crippen LogP contribution in [0.4, 0.5) is 34.1 Å². The van der Waals surface area contributed by atoms with Crippen LogP contribution in [0.25, 0.3) is 116 Å². The highest BCUT2D eigenvalue weighted by Crippen LogP contribution is 2.52. The van der Waals surface area contributed by atoms with Gasteiger partial charge in [0.15, 0.2) is 0 Å². The smallest absolute Gasteiger partial charge is 0.252 e. The maximum Gasteiger partial charge on any atom is 0.252 e. The Morgan fingerprint density at radius 1 is 0.300 bits per heavy atom. The van der Waals surface area contributed by atoms with Gasteiger partial charge in [0.1, 0.15) is 12.1 Å². The molecule has 2 aliphatic heterocycles. The highest BCUT2D eigenvalue weighted by Gasteiger charge is 2.46. The fraction of sp³-hybridized carbons (Fsp3) is 0.157. The molecule has 0 aliphatic carbocycles. The van der Waals surface area contributed by atoms with Crippen LogP contribution in [0, 0.1) is 22.7 Å². The first-order chi connectivity index (χ1) is 55.1. The van der Waals surface area contributed by atoms with Crippen LogP contribution < -0.4 is 26.2 Å². The van der Waals surface area contributed by atoms with Crippen molar-refractivity contribution in [3.05, 3.63) is 324 Å². The quantitative estimate of drug-likeness (QED) is 0.142. The number of hydrogen-bond acceptors (Lipinski definition) is 4. The van der Waals surface area contributed by atoms with Crippen molar-refractivity contribution < 1.29 is 6.85 Å². The van der Waals surface area contributed by atoms with Crippen LogP contribution in [-0.2, 0) is 21.7 Å². The van der Waals surface area contributed by atoms with E-state index in [0.717, 1.165) is 144 Å². The molecule has 0 atom stereocenters. The van der Waals surface area contributed by atoms with Crippen LogP contribution in [0.15, 0.2) is 291 Å². The molecule has 0 fully saturated rings. The fourth-order valence-electron chi connectivity index (χ4n) is 17.5. The van der Waals surface area contributed by atoms with Crippen LogP contribution in [0.5, 0.6) is 0 Å². The van der Waals surface area contributed by atoms with Gasteiger partial charge in [0.2, 0.25) is 0 Å². The predicted octanol–water partition coefficient (Wildman–Crippen LogP) is 25.0. The van der Waals surface area contributed by atoms with E-state index in [1.807, 2.05) is 42.5 Å². The standard InChI is InChI=1S/C102H84BN7/c1-99(2,3)70-40-48-90-82(56-70)83-57-71(100(4,5)6)41-49-91(83)107(90)75-44-47-85-96(60-75)110(94-58-74(42-37-68(94)62-105)106-86-33-20-16-29-78(86)79-30-17-21-34-87(79)106)92-50-45-77(66-28-24-27-64(51-66)63-25-14-13-15-26-63)98-97(92)103(85)84-46-39-65(69-52-72(101(7,8)9)55-73(53-69)102(10,11)12)54-95(84)108(98)76-43-38-67(61-104)93(59-76)109-88-35-22-18-31-80(88)81-32-19-23-36-89(81)109/h13-60H,1-12H3/i13D,14D,15D,25D,26D. The second kappa shape index (κ2) is 24.8. The van der Waals surface area contributed by atoms with Gasteiger partial charge in [-0.1, -0.05) is 259 Å². The molecule has 0 unspecified atom stereocenters. The molecule has 17 aromatic rings. The lowest BCUT2D eigenvalue weighted by Gasteiger charge is -2.45. The minimum Gasteiger partial charge on any atom is -0.311 e. The molecule has 8 heteroatoms. The zero-order chi connectivity index (χ0) is 80.0. The van der Waals surface area contributed by atoms with Gasteiger partial charge in [-0.2, -0.15) is 10.5 Å². The summed E-state index contributed by atoms with van der Waals surface area (Å²) in [5, 5.41) is 30.3. The van der Waals surface area contributed by atoms with Crippen LogP contribution in [-0.4, -0.2) is 20.4 Å². The van der Waals surface area contributed by atoms with E-state index in [2.05, 4.69) is 337 Å². The van der Waals surface area contributed by atoms with Gasteiger partial charge in [0.25, 0.3) is 6.71 Å². The molecule has 0 bridgehead atoms. The minimum atomic E-state index is -0.510. The van der Waals surface area contributed by atoms with Gasteiger partial charge in [0.05, 0.1) is 68.1 Å². The number of para-hydroxylation sites is 4. The lowest BCUT2D eigenvalue weighted by molar-refractivity contribution is 0.569. The minimum absolute atomic E-state index is 0.0924. The zero-order valence-corrected chi connectivity index (χ0v) is 64.0. The Labute approximate surface area is 651 Å². The zero-order valence-electron chi connectivity index (χ0n) is 69.0. The van der Waals surface area contributed by atoms with Gasteiger partial charge in [-0.3, -0.25) is 0 Å². The van der Waals surface area contributed by atoms with E-state index < -0.39 is 24.8 Å². The van der Waals surface area contributed by atoms with Crippen molar-refractivity contribution in [1.29, 1.82) is 10.5 Å². The summed E-state index contributed by atoms with van der Waals surface area (Å²) in [7, 11) is 0. The number of nitrogens with zero attached hydrogens (tertiary/aromatic N) is 7. The summed E-state index contributed by atoms with van der Waals surface area (Å²) in [5.41, 5.74) is 25.7. The van der Waals surface area contributed by atoms with Crippen LogP contribution >= 0.6 is 0 Å². The molecule has 0 radical (unpaired) electrons. The highest BCUT2D eigenvalue weighted by atomic mass is 15.2. The van der Waals surface area contributed by atoms with E-state index >= 15 is 0 Å². The van der Waals surface area contributed by atoms with E-state index in [9.17, 15) is 13.3 Å². The average molecular weight is 1420 g/mol. The number of benzene rings is 14. The van der Waals surface area contributed by atoms with E-state index in [1.165, 1.54) is 22.3 Å². The Balaban J connectivity index is 0.968. The van der Waals surface area contributed by atoms with Crippen molar-refractivity contribution in [3.8, 4) is 62.6 Å². The van der Waals surface area contributed by atoms with Crippen molar-refractivity contribution in [2.75, 3.05) is 9.80 Å². The number of hydrogen-bond donors (Lipinski definition) is 0. The van der Waals surface area contributed by atoms with Gasteiger partial charge < -0.3 is 23.5 Å². The molecule has 110 heavy (non-hydrogen) atoms. The molecule has 7 nitrogen and oxygen atoms in total. The SMILES string of the molecule is [2H]c1c([2H])c([2H])c(-c2cccc(-c3ccc4c5c3N(c3ccc(C#N)c(-n6c7ccccc7c7ccccc76)c3)c3cc(-c6cc(C(C)(C)C)cc(C(C)(C)C)c6)ccc3B5c3ccc(-n5c6ccc(C(C)(C)C)cc6c6cc(C(C)(C)C)ccc65)cc3N4c3cc(-n4c5ccccc5c5ccccc54)ccc3C#N)c2)c([2H])c1[2H]. The summed E-state index contributed by atoms with van der Waals surface area (Å²) in [5.74, 6) is 0. The summed E-state index contributed by atoms with van der Waals surface area (Å²) < 4.78 is 52.4. The molecule has 19 rings (SSSR count). The van der Waals surface area contributed by atoms with Gasteiger partial charge in [-0.15, -0.1) is 0 Å². The first kappa shape index (κ1) is 62.2. The lowest BCUT2D eigenvalue weighted by atomic mass is 9.33. The maximum absolute atomic E-state index is 12.0. The Morgan fingerprint density at radius 3 is 1.28 bits per heavy atom. The van der Waals surface area contributed by atoms with Gasteiger partial charge in [-0.25, -0.2) is 0 Å². The second-order valence-corrected chi connectivity index (χ2v) is 34.1. The summed E-state index contributed by atoms with van der Waals surface area (Å²) in [4.78, 5) is 4.73. The third kappa shape index (κ3) is 10.7. The van der Waals surface area contributed by atoms with E-state index in [1.54, 1.807) is 0 Å². The van der Waals surface area contributed by atoms with Crippen molar-refractivity contribution in [1.82, 2.24) is 13.7 Å². The fourth-order valence-corrected chi connectivity index (χ4v) is 17.5. The molecular weight excluding hydrogens is 1330 g/mol. The molecule has 5 heterocycles. The number of nitriles is 2. The van der Waals surface area contributed by atoms with Gasteiger partial charge in [-0.05, 0) is 203 Å². The summed E-state index contributed by atoms with van der Waals surface area (Å²) >= 11 is 0. The summed E-state index contributed by atoms with van der Waals surface area (Å²) in [6.07, 6.45) is 0. The Bertz CT molecular complexity index is 6910. The van der Waals surface area contributed by atoms with Gasteiger partial charge >= 0.3 is 0 Å². The summed E-state index contributed by atoms with van der Waals surface area (Å²) in [6, 6.07) is 96.8. The Hall–Kier alpha value is -12.9. The largest absolute Gasteiger partial charge is 0.311 e. The third-order valence-electron chi connectivity index (χ3n) is 23.2. The average Bonchev–Trinajstić information content (AvgIpc) is 1.46. The molecule has 0 saturated heterocycles. The van der Waals surface area contributed by atoms with Crippen molar-refractivity contribution in [2.24, 2.45) is 0 Å². The summed E-state index contributed by atoms with van der Waals surface area (Å²) in [6.45, 7) is 26.8. The number of rotatable bonds is 8. The molecule has 530 valence electrons. The molecule has 0 amide bonds. The number of aromatic nitrogens is 3. The molecular formula is C102H84BN7. The maximum atomic E-state index is 12.0. The van der Waals surface area contributed by atoms with Crippen molar-refractivity contribution in [3.63, 3.8) is 0 Å². The van der Waals surface area contributed by atoms with Gasteiger partial charge in [0, 0.05) is 72.0 Å². The highest BCUT2D eigenvalue weighted by molar-refractivity contribution is 7.00. The Kier molecular flexibility index (Phi) is 14.0. The van der Waals surface area contributed by atoms with E-state index in [-0.39, 0.29) is 39.3 Å². The molecule has 0 N–H and O–H groups in total. The molecule has 0 spiro atoms. The number of fused-ring (bicyclic) bond motifs is 13. The van der Waals surface area contributed by atoms with Crippen molar-refractivity contribution in [2.45, 2.75) is 105 Å². The monoisotopic (exact) mass is 1420 g/mol. The van der Waals surface area contributed by atoms with Crippen LogP contribution in [0.3, 0.4) is 0 Å². The lowest BCUT2D eigenvalue weighted by Crippen LogP contribution is -2.61. The third-order valence-corrected chi connectivity index (χ3v) is 23.2.